The topological polar surface area (TPSA) is 38.7 Å². The number of benzene rings is 2. The van der Waals surface area contributed by atoms with E-state index in [-0.39, 0.29) is 16.2 Å². The number of aromatic nitrogens is 3. The number of allylic oxidation sites excluding steroid dienone is 12. The van der Waals surface area contributed by atoms with E-state index in [0.717, 1.165) is 47.9 Å². The van der Waals surface area contributed by atoms with Crippen LogP contribution in [0.15, 0.2) is 103 Å². The Hall–Kier alpha value is -4.11. The summed E-state index contributed by atoms with van der Waals surface area (Å²) in [4.78, 5) is 15.6. The molecule has 6 atom stereocenters. The predicted octanol–water partition coefficient (Wildman–Crippen LogP) is 10.0. The maximum Gasteiger partial charge on any atom is 0.164 e. The summed E-state index contributed by atoms with van der Waals surface area (Å²) in [5.41, 5.74) is 9.51. The van der Waals surface area contributed by atoms with Crippen LogP contribution in [-0.4, -0.2) is 15.0 Å². The molecule has 1 aromatic heterocycles. The van der Waals surface area contributed by atoms with Crippen molar-refractivity contribution in [3.05, 3.63) is 137 Å². The second-order valence-electron chi connectivity index (χ2n) is 15.0. The molecular weight excluding hydrogens is 558 g/mol. The van der Waals surface area contributed by atoms with Crippen LogP contribution < -0.4 is 0 Å². The van der Waals surface area contributed by atoms with Gasteiger partial charge < -0.3 is 0 Å². The van der Waals surface area contributed by atoms with Gasteiger partial charge >= 0.3 is 0 Å². The van der Waals surface area contributed by atoms with Gasteiger partial charge in [0.2, 0.25) is 0 Å². The predicted molar refractivity (Wildman–Crippen MR) is 188 cm³/mol. The first-order valence-electron chi connectivity index (χ1n) is 17.6. The summed E-state index contributed by atoms with van der Waals surface area (Å²) in [7, 11) is 0. The van der Waals surface area contributed by atoms with Crippen LogP contribution >= 0.6 is 0 Å². The highest BCUT2D eigenvalue weighted by molar-refractivity contribution is 5.75. The molecule has 0 saturated heterocycles. The van der Waals surface area contributed by atoms with Crippen LogP contribution in [-0.2, 0) is 16.2 Å². The Morgan fingerprint density at radius 1 is 0.783 bits per heavy atom. The van der Waals surface area contributed by atoms with E-state index in [1.165, 1.54) is 47.9 Å². The van der Waals surface area contributed by atoms with Crippen LogP contribution in [0.3, 0.4) is 0 Å². The zero-order chi connectivity index (χ0) is 31.1. The first kappa shape index (κ1) is 28.1. The summed E-state index contributed by atoms with van der Waals surface area (Å²) in [5, 5.41) is 0. The Labute approximate surface area is 273 Å². The summed E-state index contributed by atoms with van der Waals surface area (Å²) < 4.78 is 0. The highest BCUT2D eigenvalue weighted by Crippen LogP contribution is 2.72. The van der Waals surface area contributed by atoms with Crippen molar-refractivity contribution in [2.45, 2.75) is 82.0 Å². The minimum atomic E-state index is -0.0916. The van der Waals surface area contributed by atoms with E-state index in [1.54, 1.807) is 5.56 Å². The molecule has 3 heteroatoms. The molecule has 2 aromatic carbocycles. The van der Waals surface area contributed by atoms with Crippen LogP contribution in [0.2, 0.25) is 0 Å². The molecule has 230 valence electrons. The Morgan fingerprint density at radius 2 is 1.63 bits per heavy atom. The molecule has 0 radical (unpaired) electrons. The molecule has 46 heavy (non-hydrogen) atoms. The van der Waals surface area contributed by atoms with Crippen molar-refractivity contribution in [3.8, 4) is 11.4 Å². The van der Waals surface area contributed by atoms with E-state index < -0.39 is 0 Å². The minimum Gasteiger partial charge on any atom is -0.209 e. The molecule has 6 aliphatic rings. The third kappa shape index (κ3) is 3.75. The summed E-state index contributed by atoms with van der Waals surface area (Å²) in [6, 6.07) is 16.7. The lowest BCUT2D eigenvalue weighted by atomic mass is 9.54. The fourth-order valence-electron chi connectivity index (χ4n) is 10.5. The van der Waals surface area contributed by atoms with Crippen molar-refractivity contribution in [3.63, 3.8) is 0 Å². The zero-order valence-electron chi connectivity index (χ0n) is 27.3. The van der Waals surface area contributed by atoms with Gasteiger partial charge in [0.05, 0.1) is 0 Å². The van der Waals surface area contributed by atoms with E-state index in [4.69, 9.17) is 15.0 Å². The van der Waals surface area contributed by atoms with Crippen molar-refractivity contribution in [1.29, 1.82) is 0 Å². The third-order valence-electron chi connectivity index (χ3n) is 12.6. The molecule has 1 saturated carbocycles. The second-order valence-corrected chi connectivity index (χ2v) is 15.0. The van der Waals surface area contributed by atoms with Gasteiger partial charge in [-0.3, -0.25) is 0 Å². The molecule has 0 bridgehead atoms. The van der Waals surface area contributed by atoms with E-state index in [2.05, 4.69) is 124 Å². The highest BCUT2D eigenvalue weighted by Gasteiger charge is 2.68. The molecule has 9 rings (SSSR count). The van der Waals surface area contributed by atoms with Crippen molar-refractivity contribution in [1.82, 2.24) is 15.0 Å². The smallest absolute Gasteiger partial charge is 0.164 e. The van der Waals surface area contributed by atoms with Gasteiger partial charge in [0, 0.05) is 33.5 Å². The fourth-order valence-corrected chi connectivity index (χ4v) is 10.5. The molecule has 1 spiro atoms. The van der Waals surface area contributed by atoms with Gasteiger partial charge in [-0.15, -0.1) is 0 Å². The van der Waals surface area contributed by atoms with Gasteiger partial charge in [-0.05, 0) is 77.7 Å². The lowest BCUT2D eigenvalue weighted by Gasteiger charge is -2.48. The SMILES string of the molecule is CC1CC=CC=C1c1nc(C2=CCCC=C2)nc(-c2ccc3c(c2)C2(c4ccccc4C4(C)C=CC=CC42)C2CCCCC32C)n1. The maximum atomic E-state index is 5.26. The highest BCUT2D eigenvalue weighted by atomic mass is 15.0. The van der Waals surface area contributed by atoms with Gasteiger partial charge in [-0.1, -0.05) is 131 Å². The summed E-state index contributed by atoms with van der Waals surface area (Å²) in [5.74, 6) is 3.66. The van der Waals surface area contributed by atoms with E-state index >= 15 is 0 Å². The number of hydrogen-bond acceptors (Lipinski definition) is 3. The number of fused-ring (bicyclic) bond motifs is 10. The first-order valence-corrected chi connectivity index (χ1v) is 17.6. The number of nitrogens with zero attached hydrogens (tertiary/aromatic N) is 3. The Balaban J connectivity index is 1.29. The lowest BCUT2D eigenvalue weighted by Crippen LogP contribution is -2.47. The van der Waals surface area contributed by atoms with E-state index in [0.29, 0.717) is 17.8 Å². The monoisotopic (exact) mass is 601 g/mol. The normalized spacial score (nSPS) is 33.3. The zero-order valence-corrected chi connectivity index (χ0v) is 27.3. The van der Waals surface area contributed by atoms with Crippen molar-refractivity contribution in [2.75, 3.05) is 0 Å². The average molecular weight is 602 g/mol. The lowest BCUT2D eigenvalue weighted by molar-refractivity contribution is 0.125. The minimum absolute atomic E-state index is 0.0360. The quantitative estimate of drug-likeness (QED) is 0.300. The Kier molecular flexibility index (Phi) is 6.24. The van der Waals surface area contributed by atoms with Crippen LogP contribution in [0, 0.1) is 17.8 Å². The van der Waals surface area contributed by atoms with Crippen molar-refractivity contribution < 1.29 is 0 Å². The van der Waals surface area contributed by atoms with Gasteiger partial charge in [0.25, 0.3) is 0 Å². The maximum absolute atomic E-state index is 5.26. The molecule has 3 aromatic rings. The Morgan fingerprint density at radius 3 is 2.48 bits per heavy atom. The number of hydrogen-bond donors (Lipinski definition) is 0. The van der Waals surface area contributed by atoms with Crippen LogP contribution in [0.5, 0.6) is 0 Å². The van der Waals surface area contributed by atoms with E-state index in [9.17, 15) is 0 Å². The number of rotatable bonds is 3. The van der Waals surface area contributed by atoms with Gasteiger partial charge in [-0.25, -0.2) is 15.0 Å². The standard InChI is InChI=1S/C43H43N3/c1-28-15-7-8-18-31(28)40-45-38(29-16-5-4-6-17-29)44-39(46-40)30-23-24-33-35(27-30)43(37-22-12-14-26-42(33,37)3)34-20-10-9-19-32(34)41(2)25-13-11-21-36(41)43/h5,7-11,13,16-21,23-25,27-28,36-37H,4,6,12,14-15,22,26H2,1-3H3. The molecule has 1 fully saturated rings. The molecule has 1 heterocycles. The molecule has 0 amide bonds. The van der Waals surface area contributed by atoms with Gasteiger partial charge in [-0.2, -0.15) is 0 Å². The summed E-state index contributed by atoms with van der Waals surface area (Å²) >= 11 is 0. The van der Waals surface area contributed by atoms with Crippen molar-refractivity contribution >= 4 is 11.1 Å². The largest absolute Gasteiger partial charge is 0.209 e. The fraction of sp³-hybridized carbons (Fsp3) is 0.372. The molecule has 6 unspecified atom stereocenters. The van der Waals surface area contributed by atoms with Gasteiger partial charge in [0.1, 0.15) is 0 Å². The molecule has 3 nitrogen and oxygen atoms in total. The van der Waals surface area contributed by atoms with Crippen LogP contribution in [0.1, 0.15) is 99.6 Å². The third-order valence-corrected chi connectivity index (χ3v) is 12.6. The first-order chi connectivity index (χ1) is 22.4. The Bertz CT molecular complexity index is 1950. The molecule has 0 N–H and O–H groups in total. The van der Waals surface area contributed by atoms with Gasteiger partial charge in [0.15, 0.2) is 17.5 Å². The second kappa shape index (κ2) is 10.2. The molecule has 0 aliphatic heterocycles. The average Bonchev–Trinajstić information content (AvgIpc) is 3.48. The summed E-state index contributed by atoms with van der Waals surface area (Å²) in [6.07, 6.45) is 31.1. The van der Waals surface area contributed by atoms with E-state index in [1.807, 2.05) is 0 Å². The summed E-state index contributed by atoms with van der Waals surface area (Å²) in [6.45, 7) is 7.34. The molecule has 6 aliphatic carbocycles. The van der Waals surface area contributed by atoms with Crippen LogP contribution in [0.25, 0.3) is 22.5 Å². The van der Waals surface area contributed by atoms with Crippen molar-refractivity contribution in [2.24, 2.45) is 17.8 Å². The van der Waals surface area contributed by atoms with Crippen LogP contribution in [0.4, 0.5) is 0 Å². The molecular formula is C43H43N3.